The van der Waals surface area contributed by atoms with E-state index in [1.54, 1.807) is 30.0 Å². The minimum Gasteiger partial charge on any atom is -0.368 e. The first-order chi connectivity index (χ1) is 14.9. The summed E-state index contributed by atoms with van der Waals surface area (Å²) < 4.78 is 14.4. The third kappa shape index (κ3) is 4.50. The van der Waals surface area contributed by atoms with Crippen molar-refractivity contribution in [3.63, 3.8) is 0 Å². The van der Waals surface area contributed by atoms with E-state index in [2.05, 4.69) is 10.00 Å². The van der Waals surface area contributed by atoms with Crippen LogP contribution in [0.2, 0.25) is 0 Å². The Bertz CT molecular complexity index is 1120. The third-order valence-corrected chi connectivity index (χ3v) is 5.68. The minimum atomic E-state index is -0.699. The molecule has 0 spiro atoms. The van der Waals surface area contributed by atoms with Gasteiger partial charge < -0.3 is 9.80 Å². The van der Waals surface area contributed by atoms with Crippen molar-refractivity contribution in [1.82, 2.24) is 14.7 Å². The Hall–Kier alpha value is -3.48. The summed E-state index contributed by atoms with van der Waals surface area (Å²) in [6.07, 6.45) is 0. The second-order valence-corrected chi connectivity index (χ2v) is 7.83. The number of hydrogen-bond acceptors (Lipinski definition) is 4. The Morgan fingerprint density at radius 1 is 0.935 bits per heavy atom. The lowest BCUT2D eigenvalue weighted by atomic mass is 10.1. The van der Waals surface area contributed by atoms with Crippen LogP contribution in [0.25, 0.3) is 11.3 Å². The highest BCUT2D eigenvalue weighted by Crippen LogP contribution is 2.20. The summed E-state index contributed by atoms with van der Waals surface area (Å²) in [5.74, 6) is -0.397. The molecule has 0 bridgehead atoms. The SMILES string of the molecule is Cc1ccc(-c2ccc(=O)n(C(C)C(=O)N3CCN(c4ccc(F)cc4)CC3)n2)cc1. The first kappa shape index (κ1) is 20.8. The molecule has 4 rings (SSSR count). The highest BCUT2D eigenvalue weighted by Gasteiger charge is 2.27. The molecular formula is C24H25FN4O2. The Morgan fingerprint density at radius 3 is 2.23 bits per heavy atom. The van der Waals surface area contributed by atoms with Gasteiger partial charge in [-0.05, 0) is 44.2 Å². The molecule has 1 fully saturated rings. The van der Waals surface area contributed by atoms with Crippen molar-refractivity contribution in [2.75, 3.05) is 31.1 Å². The van der Waals surface area contributed by atoms with Crippen LogP contribution in [0.1, 0.15) is 18.5 Å². The third-order valence-electron chi connectivity index (χ3n) is 5.68. The Kier molecular flexibility index (Phi) is 5.84. The Balaban J connectivity index is 1.47. The van der Waals surface area contributed by atoms with Gasteiger partial charge in [-0.25, -0.2) is 9.07 Å². The number of nitrogens with zero attached hydrogens (tertiary/aromatic N) is 4. The molecule has 31 heavy (non-hydrogen) atoms. The lowest BCUT2D eigenvalue weighted by Crippen LogP contribution is -2.51. The van der Waals surface area contributed by atoms with Crippen LogP contribution in [0.15, 0.2) is 65.5 Å². The number of anilines is 1. The second-order valence-electron chi connectivity index (χ2n) is 7.83. The zero-order valence-corrected chi connectivity index (χ0v) is 17.7. The van der Waals surface area contributed by atoms with E-state index in [9.17, 15) is 14.0 Å². The van der Waals surface area contributed by atoms with E-state index in [0.717, 1.165) is 16.8 Å². The monoisotopic (exact) mass is 420 g/mol. The summed E-state index contributed by atoms with van der Waals surface area (Å²) in [5, 5.41) is 4.47. The quantitative estimate of drug-likeness (QED) is 0.650. The van der Waals surface area contributed by atoms with Gasteiger partial charge in [0.25, 0.3) is 5.56 Å². The molecule has 1 amide bonds. The number of carbonyl (C=O) groups excluding carboxylic acids is 1. The maximum absolute atomic E-state index is 13.2. The number of aromatic nitrogens is 2. The van der Waals surface area contributed by atoms with Crippen LogP contribution in [0.3, 0.4) is 0 Å². The smallest absolute Gasteiger partial charge is 0.267 e. The number of amides is 1. The first-order valence-electron chi connectivity index (χ1n) is 10.4. The summed E-state index contributed by atoms with van der Waals surface area (Å²) in [7, 11) is 0. The molecule has 0 N–H and O–H groups in total. The highest BCUT2D eigenvalue weighted by molar-refractivity contribution is 5.80. The van der Waals surface area contributed by atoms with E-state index in [0.29, 0.717) is 31.9 Å². The molecule has 1 unspecified atom stereocenters. The van der Waals surface area contributed by atoms with Crippen molar-refractivity contribution < 1.29 is 9.18 Å². The number of aryl methyl sites for hydroxylation is 1. The summed E-state index contributed by atoms with van der Waals surface area (Å²) in [6.45, 7) is 6.09. The predicted octanol–water partition coefficient (Wildman–Crippen LogP) is 3.27. The molecule has 6 nitrogen and oxygen atoms in total. The van der Waals surface area contributed by atoms with E-state index in [-0.39, 0.29) is 17.3 Å². The van der Waals surface area contributed by atoms with Crippen molar-refractivity contribution in [3.8, 4) is 11.3 Å². The predicted molar refractivity (Wildman–Crippen MR) is 119 cm³/mol. The van der Waals surface area contributed by atoms with Crippen LogP contribution < -0.4 is 10.5 Å². The van der Waals surface area contributed by atoms with Crippen molar-refractivity contribution in [2.24, 2.45) is 0 Å². The van der Waals surface area contributed by atoms with Gasteiger partial charge in [-0.3, -0.25) is 9.59 Å². The van der Waals surface area contributed by atoms with E-state index >= 15 is 0 Å². The molecule has 2 aromatic carbocycles. The molecule has 2 heterocycles. The number of hydrogen-bond donors (Lipinski definition) is 0. The maximum Gasteiger partial charge on any atom is 0.267 e. The zero-order chi connectivity index (χ0) is 22.0. The first-order valence-corrected chi connectivity index (χ1v) is 10.4. The van der Waals surface area contributed by atoms with Gasteiger partial charge in [0.15, 0.2) is 0 Å². The van der Waals surface area contributed by atoms with Crippen molar-refractivity contribution >= 4 is 11.6 Å². The van der Waals surface area contributed by atoms with Gasteiger partial charge in [-0.1, -0.05) is 29.8 Å². The Morgan fingerprint density at radius 2 is 1.58 bits per heavy atom. The molecule has 1 aliphatic rings. The van der Waals surface area contributed by atoms with Crippen LogP contribution in [-0.2, 0) is 4.79 Å². The summed E-state index contributed by atoms with van der Waals surface area (Å²) in [6, 6.07) is 16.7. The van der Waals surface area contributed by atoms with E-state index in [1.165, 1.54) is 22.9 Å². The number of carbonyl (C=O) groups is 1. The maximum atomic E-state index is 13.2. The van der Waals surface area contributed by atoms with Crippen molar-refractivity contribution in [2.45, 2.75) is 19.9 Å². The molecule has 1 aromatic heterocycles. The number of piperazine rings is 1. The fourth-order valence-corrected chi connectivity index (χ4v) is 3.79. The van der Waals surface area contributed by atoms with Gasteiger partial charge in [0, 0.05) is 43.5 Å². The summed E-state index contributed by atoms with van der Waals surface area (Å²) in [5.41, 5.74) is 3.32. The highest BCUT2D eigenvalue weighted by atomic mass is 19.1. The molecule has 0 radical (unpaired) electrons. The van der Waals surface area contributed by atoms with E-state index < -0.39 is 6.04 Å². The fraction of sp³-hybridized carbons (Fsp3) is 0.292. The summed E-state index contributed by atoms with van der Waals surface area (Å²) >= 11 is 0. The van der Waals surface area contributed by atoms with Gasteiger partial charge in [0.05, 0.1) is 5.69 Å². The summed E-state index contributed by atoms with van der Waals surface area (Å²) in [4.78, 5) is 29.4. The number of rotatable bonds is 4. The Labute approximate surface area is 180 Å². The van der Waals surface area contributed by atoms with Crippen LogP contribution >= 0.6 is 0 Å². The molecule has 7 heteroatoms. The number of benzene rings is 2. The lowest BCUT2D eigenvalue weighted by molar-refractivity contribution is -0.135. The van der Waals surface area contributed by atoms with Crippen LogP contribution in [0.5, 0.6) is 0 Å². The van der Waals surface area contributed by atoms with Crippen LogP contribution in [-0.4, -0.2) is 46.8 Å². The largest absolute Gasteiger partial charge is 0.368 e. The molecule has 0 aliphatic carbocycles. The standard InChI is InChI=1S/C24H25FN4O2/c1-17-3-5-19(6-4-17)22-11-12-23(30)29(26-22)18(2)24(31)28-15-13-27(14-16-28)21-9-7-20(25)8-10-21/h3-12,18H,13-16H2,1-2H3. The molecule has 0 saturated carbocycles. The normalized spacial score (nSPS) is 15.1. The van der Waals surface area contributed by atoms with Crippen LogP contribution in [0, 0.1) is 12.7 Å². The average Bonchev–Trinajstić information content (AvgIpc) is 2.80. The topological polar surface area (TPSA) is 58.4 Å². The lowest BCUT2D eigenvalue weighted by Gasteiger charge is -2.37. The zero-order valence-electron chi connectivity index (χ0n) is 17.7. The van der Waals surface area contributed by atoms with E-state index in [1.807, 2.05) is 31.2 Å². The van der Waals surface area contributed by atoms with Crippen LogP contribution in [0.4, 0.5) is 10.1 Å². The molecule has 1 atom stereocenters. The van der Waals surface area contributed by atoms with Gasteiger partial charge in [0.1, 0.15) is 11.9 Å². The molecule has 3 aromatic rings. The van der Waals surface area contributed by atoms with Gasteiger partial charge >= 0.3 is 0 Å². The van der Waals surface area contributed by atoms with Crippen molar-refractivity contribution in [1.29, 1.82) is 0 Å². The van der Waals surface area contributed by atoms with Gasteiger partial charge in [0.2, 0.25) is 5.91 Å². The molecule has 160 valence electrons. The minimum absolute atomic E-state index is 0.130. The fourth-order valence-electron chi connectivity index (χ4n) is 3.79. The van der Waals surface area contributed by atoms with Gasteiger partial charge in [-0.15, -0.1) is 0 Å². The molecular weight excluding hydrogens is 395 g/mol. The number of halogens is 1. The van der Waals surface area contributed by atoms with Crippen molar-refractivity contribution in [3.05, 3.63) is 82.4 Å². The van der Waals surface area contributed by atoms with E-state index in [4.69, 9.17) is 0 Å². The second kappa shape index (κ2) is 8.71. The molecule has 1 aliphatic heterocycles. The average molecular weight is 420 g/mol. The van der Waals surface area contributed by atoms with Gasteiger partial charge in [-0.2, -0.15) is 5.10 Å². The molecule has 1 saturated heterocycles.